The summed E-state index contributed by atoms with van der Waals surface area (Å²) >= 11 is 1.61. The molecule has 3 N–H and O–H groups in total. The van der Waals surface area contributed by atoms with Crippen LogP contribution in [0.2, 0.25) is 0 Å². The smallest absolute Gasteiger partial charge is 0.319 e. The van der Waals surface area contributed by atoms with Gasteiger partial charge in [0.05, 0.1) is 0 Å². The standard InChI is InChI=1S/C23H22FN3O2S/c24-18-9-13-21(14-10-18)30-16-4-15-25-23(29)27-20-11-7-17(8-12-20)22(28)26-19-5-2-1-3-6-19/h1-3,5-14H,4,15-16H2,(H,26,28)(H2,25,27,29). The number of para-hydroxylation sites is 1. The van der Waals surface area contributed by atoms with E-state index in [0.29, 0.717) is 17.8 Å². The van der Waals surface area contributed by atoms with Crippen LogP contribution in [0, 0.1) is 5.82 Å². The molecule has 5 nitrogen and oxygen atoms in total. The van der Waals surface area contributed by atoms with Crippen molar-refractivity contribution in [2.45, 2.75) is 11.3 Å². The van der Waals surface area contributed by atoms with Crippen molar-refractivity contribution in [2.24, 2.45) is 0 Å². The molecule has 0 bridgehead atoms. The molecule has 0 saturated heterocycles. The molecule has 154 valence electrons. The number of thioether (sulfide) groups is 1. The predicted molar refractivity (Wildman–Crippen MR) is 120 cm³/mol. The van der Waals surface area contributed by atoms with Crippen LogP contribution in [0.25, 0.3) is 0 Å². The topological polar surface area (TPSA) is 70.2 Å². The zero-order chi connectivity index (χ0) is 21.2. The number of hydrogen-bond acceptors (Lipinski definition) is 3. The summed E-state index contributed by atoms with van der Waals surface area (Å²) in [5.41, 5.74) is 1.83. The predicted octanol–water partition coefficient (Wildman–Crippen LogP) is 5.38. The fourth-order valence-corrected chi connectivity index (χ4v) is 3.45. The molecule has 0 aromatic heterocycles. The fraction of sp³-hybridized carbons (Fsp3) is 0.130. The largest absolute Gasteiger partial charge is 0.338 e. The maximum absolute atomic E-state index is 12.9. The summed E-state index contributed by atoms with van der Waals surface area (Å²) in [5.74, 6) is 0.357. The minimum absolute atomic E-state index is 0.212. The number of hydrogen-bond donors (Lipinski definition) is 3. The van der Waals surface area contributed by atoms with E-state index in [0.717, 1.165) is 22.8 Å². The molecule has 3 amide bonds. The highest BCUT2D eigenvalue weighted by Gasteiger charge is 2.07. The summed E-state index contributed by atoms with van der Waals surface area (Å²) in [5, 5.41) is 8.35. The molecule has 0 aliphatic heterocycles. The monoisotopic (exact) mass is 423 g/mol. The number of urea groups is 1. The van der Waals surface area contributed by atoms with E-state index in [4.69, 9.17) is 0 Å². The minimum Gasteiger partial charge on any atom is -0.338 e. The molecule has 0 unspecified atom stereocenters. The summed E-state index contributed by atoms with van der Waals surface area (Å²) in [7, 11) is 0. The average Bonchev–Trinajstić information content (AvgIpc) is 2.76. The average molecular weight is 424 g/mol. The van der Waals surface area contributed by atoms with Crippen molar-refractivity contribution >= 4 is 35.1 Å². The van der Waals surface area contributed by atoms with Crippen molar-refractivity contribution in [1.82, 2.24) is 5.32 Å². The SMILES string of the molecule is O=C(NCCCSc1ccc(F)cc1)Nc1ccc(C(=O)Nc2ccccc2)cc1. The van der Waals surface area contributed by atoms with Crippen LogP contribution < -0.4 is 16.0 Å². The maximum atomic E-state index is 12.9. The molecule has 3 rings (SSSR count). The van der Waals surface area contributed by atoms with Gasteiger partial charge in [-0.3, -0.25) is 4.79 Å². The molecule has 7 heteroatoms. The first kappa shape index (κ1) is 21.4. The highest BCUT2D eigenvalue weighted by molar-refractivity contribution is 7.99. The normalized spacial score (nSPS) is 10.3. The Hall–Kier alpha value is -3.32. The van der Waals surface area contributed by atoms with Gasteiger partial charge in [0.1, 0.15) is 5.82 Å². The van der Waals surface area contributed by atoms with Crippen molar-refractivity contribution in [3.05, 3.63) is 90.2 Å². The van der Waals surface area contributed by atoms with E-state index in [1.54, 1.807) is 48.2 Å². The lowest BCUT2D eigenvalue weighted by Crippen LogP contribution is -2.29. The Kier molecular flexibility index (Phi) is 7.86. The van der Waals surface area contributed by atoms with Gasteiger partial charge < -0.3 is 16.0 Å². The molecular formula is C23H22FN3O2S. The summed E-state index contributed by atoms with van der Waals surface area (Å²) in [6.07, 6.45) is 0.786. The molecule has 3 aromatic rings. The molecule has 0 spiro atoms. The third-order valence-corrected chi connectivity index (χ3v) is 5.22. The van der Waals surface area contributed by atoms with E-state index in [2.05, 4.69) is 16.0 Å². The molecular weight excluding hydrogens is 401 g/mol. The fourth-order valence-electron chi connectivity index (χ4n) is 2.60. The number of benzene rings is 3. The lowest BCUT2D eigenvalue weighted by Gasteiger charge is -2.09. The Morgan fingerprint density at radius 2 is 1.47 bits per heavy atom. The first-order valence-electron chi connectivity index (χ1n) is 9.50. The molecule has 0 heterocycles. The first-order valence-corrected chi connectivity index (χ1v) is 10.5. The van der Waals surface area contributed by atoms with Crippen molar-refractivity contribution < 1.29 is 14.0 Å². The molecule has 0 fully saturated rings. The second-order valence-corrected chi connectivity index (χ2v) is 7.60. The summed E-state index contributed by atoms with van der Waals surface area (Å²) in [6, 6.07) is 21.9. The van der Waals surface area contributed by atoms with Gasteiger partial charge in [0.2, 0.25) is 0 Å². The lowest BCUT2D eigenvalue weighted by atomic mass is 10.2. The van der Waals surface area contributed by atoms with E-state index in [-0.39, 0.29) is 17.8 Å². The van der Waals surface area contributed by atoms with Crippen molar-refractivity contribution in [1.29, 1.82) is 0 Å². The third kappa shape index (κ3) is 6.93. The molecule has 0 aliphatic carbocycles. The number of carbonyl (C=O) groups is 2. The Morgan fingerprint density at radius 1 is 0.800 bits per heavy atom. The van der Waals surface area contributed by atoms with Gasteiger partial charge >= 0.3 is 6.03 Å². The molecule has 3 aromatic carbocycles. The second-order valence-electron chi connectivity index (χ2n) is 6.43. The Bertz CT molecular complexity index is 964. The lowest BCUT2D eigenvalue weighted by molar-refractivity contribution is 0.102. The Balaban J connectivity index is 1.36. The van der Waals surface area contributed by atoms with Crippen LogP contribution in [0.4, 0.5) is 20.6 Å². The van der Waals surface area contributed by atoms with Crippen molar-refractivity contribution in [3.8, 4) is 0 Å². The second kappa shape index (κ2) is 11.0. The summed E-state index contributed by atoms with van der Waals surface area (Å²) < 4.78 is 12.9. The van der Waals surface area contributed by atoms with Crippen LogP contribution in [-0.4, -0.2) is 24.2 Å². The number of carbonyl (C=O) groups excluding carboxylic acids is 2. The molecule has 0 aliphatic rings. The number of nitrogens with one attached hydrogen (secondary N) is 3. The van der Waals surface area contributed by atoms with E-state index in [9.17, 15) is 14.0 Å². The van der Waals surface area contributed by atoms with Gasteiger partial charge in [0, 0.05) is 28.4 Å². The molecule has 0 radical (unpaired) electrons. The zero-order valence-corrected chi connectivity index (χ0v) is 17.0. The van der Waals surface area contributed by atoms with Gasteiger partial charge in [0.25, 0.3) is 5.91 Å². The maximum Gasteiger partial charge on any atom is 0.319 e. The zero-order valence-electron chi connectivity index (χ0n) is 16.2. The quantitative estimate of drug-likeness (QED) is 0.336. The minimum atomic E-state index is -0.303. The van der Waals surface area contributed by atoms with Crippen LogP contribution in [0.3, 0.4) is 0 Å². The van der Waals surface area contributed by atoms with Crippen molar-refractivity contribution in [3.63, 3.8) is 0 Å². The molecule has 30 heavy (non-hydrogen) atoms. The van der Waals surface area contributed by atoms with Gasteiger partial charge in [-0.25, -0.2) is 9.18 Å². The van der Waals surface area contributed by atoms with Gasteiger partial charge in [-0.15, -0.1) is 11.8 Å². The summed E-state index contributed by atoms with van der Waals surface area (Å²) in [6.45, 7) is 0.525. The highest BCUT2D eigenvalue weighted by Crippen LogP contribution is 2.18. The number of amides is 3. The highest BCUT2D eigenvalue weighted by atomic mass is 32.2. The van der Waals surface area contributed by atoms with E-state index >= 15 is 0 Å². The first-order chi connectivity index (χ1) is 14.6. The third-order valence-electron chi connectivity index (χ3n) is 4.13. The van der Waals surface area contributed by atoms with Gasteiger partial charge in [-0.05, 0) is 72.8 Å². The number of halogens is 1. The van der Waals surface area contributed by atoms with Gasteiger partial charge in [-0.2, -0.15) is 0 Å². The Labute approximate surface area is 179 Å². The van der Waals surface area contributed by atoms with Crippen LogP contribution in [0.1, 0.15) is 16.8 Å². The summed E-state index contributed by atoms with van der Waals surface area (Å²) in [4.78, 5) is 25.2. The van der Waals surface area contributed by atoms with E-state index in [1.165, 1.54) is 12.1 Å². The van der Waals surface area contributed by atoms with Crippen LogP contribution in [0.15, 0.2) is 83.8 Å². The van der Waals surface area contributed by atoms with Gasteiger partial charge in [-0.1, -0.05) is 18.2 Å². The van der Waals surface area contributed by atoms with E-state index < -0.39 is 0 Å². The Morgan fingerprint density at radius 3 is 2.17 bits per heavy atom. The molecule has 0 atom stereocenters. The number of rotatable bonds is 8. The van der Waals surface area contributed by atoms with Crippen LogP contribution in [-0.2, 0) is 0 Å². The molecule has 0 saturated carbocycles. The van der Waals surface area contributed by atoms with Crippen LogP contribution in [0.5, 0.6) is 0 Å². The van der Waals surface area contributed by atoms with Crippen molar-refractivity contribution in [2.75, 3.05) is 22.9 Å². The van der Waals surface area contributed by atoms with E-state index in [1.807, 2.05) is 30.3 Å². The van der Waals surface area contributed by atoms with Crippen LogP contribution >= 0.6 is 11.8 Å². The number of anilines is 2. The van der Waals surface area contributed by atoms with Gasteiger partial charge in [0.15, 0.2) is 0 Å².